The first kappa shape index (κ1) is 10.8. The van der Waals surface area contributed by atoms with Gasteiger partial charge in [-0.3, -0.25) is 14.9 Å². The van der Waals surface area contributed by atoms with Gasteiger partial charge >= 0.3 is 5.69 Å². The van der Waals surface area contributed by atoms with Gasteiger partial charge in [0.05, 0.1) is 10.5 Å². The molecule has 0 aliphatic carbocycles. The van der Waals surface area contributed by atoms with Gasteiger partial charge in [0, 0.05) is 0 Å². The fraction of sp³-hybridized carbons (Fsp3) is 0.111. The van der Waals surface area contributed by atoms with E-state index in [2.05, 4.69) is 0 Å². The lowest BCUT2D eigenvalue weighted by Gasteiger charge is -2.00. The minimum Gasteiger partial charge on any atom is -0.294 e. The molecular weight excluding hydrogens is 203 g/mol. The van der Waals surface area contributed by atoms with Crippen molar-refractivity contribution < 1.29 is 14.1 Å². The predicted octanol–water partition coefficient (Wildman–Crippen LogP) is 1.81. The van der Waals surface area contributed by atoms with E-state index in [1.807, 2.05) is 0 Å². The van der Waals surface area contributed by atoms with Crippen LogP contribution in [0.15, 0.2) is 12.1 Å². The van der Waals surface area contributed by atoms with Crippen molar-refractivity contribution in [3.8, 4) is 6.07 Å². The van der Waals surface area contributed by atoms with Crippen LogP contribution in [0.25, 0.3) is 0 Å². The third-order valence-corrected chi connectivity index (χ3v) is 1.80. The number of carbonyl (C=O) groups excluding carboxylic acids is 1. The topological polar surface area (TPSA) is 84.0 Å². The molecule has 0 fully saturated rings. The number of carbonyl (C=O) groups is 1. The number of ketones is 1. The highest BCUT2D eigenvalue weighted by Crippen LogP contribution is 2.25. The van der Waals surface area contributed by atoms with Gasteiger partial charge in [0.15, 0.2) is 5.78 Å². The van der Waals surface area contributed by atoms with Crippen LogP contribution in [-0.2, 0) is 0 Å². The smallest absolute Gasteiger partial charge is 0.294 e. The average molecular weight is 208 g/mol. The van der Waals surface area contributed by atoms with E-state index < -0.39 is 27.8 Å². The Bertz CT molecular complexity index is 491. The van der Waals surface area contributed by atoms with Gasteiger partial charge in [0.2, 0.25) is 5.82 Å². The molecule has 0 radical (unpaired) electrons. The minimum absolute atomic E-state index is 0.388. The number of nitrogens with zero attached hydrogens (tertiary/aromatic N) is 2. The Morgan fingerprint density at radius 1 is 1.60 bits per heavy atom. The summed E-state index contributed by atoms with van der Waals surface area (Å²) in [5.74, 6) is -1.88. The summed E-state index contributed by atoms with van der Waals surface area (Å²) in [6.45, 7) is 1.09. The molecule has 0 saturated carbocycles. The third kappa shape index (κ3) is 1.81. The average Bonchev–Trinajstić information content (AvgIpc) is 2.15. The van der Waals surface area contributed by atoms with Gasteiger partial charge in [-0.05, 0) is 19.1 Å². The lowest BCUT2D eigenvalue weighted by Crippen LogP contribution is -2.03. The molecule has 0 unspecified atom stereocenters. The lowest BCUT2D eigenvalue weighted by molar-refractivity contribution is -0.387. The Kier molecular flexibility index (Phi) is 2.76. The van der Waals surface area contributed by atoms with Gasteiger partial charge < -0.3 is 0 Å². The molecule has 6 heteroatoms. The quantitative estimate of drug-likeness (QED) is 0.421. The maximum absolute atomic E-state index is 13.4. The van der Waals surface area contributed by atoms with E-state index in [4.69, 9.17) is 5.26 Å². The molecule has 76 valence electrons. The summed E-state index contributed by atoms with van der Waals surface area (Å²) >= 11 is 0. The summed E-state index contributed by atoms with van der Waals surface area (Å²) in [6, 6.07) is 3.60. The molecule has 1 aromatic carbocycles. The summed E-state index contributed by atoms with van der Waals surface area (Å²) in [6.07, 6.45) is 0. The molecule has 0 saturated heterocycles. The highest BCUT2D eigenvalue weighted by atomic mass is 19.1. The van der Waals surface area contributed by atoms with Crippen molar-refractivity contribution in [1.29, 1.82) is 5.26 Å². The van der Waals surface area contributed by atoms with Gasteiger partial charge in [0.1, 0.15) is 11.6 Å². The lowest BCUT2D eigenvalue weighted by atomic mass is 10.1. The number of halogens is 1. The number of nitriles is 1. The van der Waals surface area contributed by atoms with Crippen LogP contribution >= 0.6 is 0 Å². The maximum atomic E-state index is 13.4. The Balaban J connectivity index is 3.58. The summed E-state index contributed by atoms with van der Waals surface area (Å²) < 4.78 is 13.4. The van der Waals surface area contributed by atoms with Crippen molar-refractivity contribution in [2.75, 3.05) is 0 Å². The van der Waals surface area contributed by atoms with Crippen LogP contribution in [0.2, 0.25) is 0 Å². The van der Waals surface area contributed by atoms with E-state index in [0.717, 1.165) is 19.1 Å². The fourth-order valence-corrected chi connectivity index (χ4v) is 1.11. The Labute approximate surface area is 83.9 Å². The van der Waals surface area contributed by atoms with Crippen LogP contribution in [-0.4, -0.2) is 10.7 Å². The summed E-state index contributed by atoms with van der Waals surface area (Å²) in [4.78, 5) is 20.4. The van der Waals surface area contributed by atoms with Gasteiger partial charge in [-0.15, -0.1) is 0 Å². The fourth-order valence-electron chi connectivity index (χ4n) is 1.11. The molecule has 0 N–H and O–H groups in total. The number of Topliss-reactive ketones (excluding diaryl/α,β-unsaturated/α-hetero) is 1. The first-order valence-corrected chi connectivity index (χ1v) is 3.87. The van der Waals surface area contributed by atoms with Crippen molar-refractivity contribution in [3.63, 3.8) is 0 Å². The van der Waals surface area contributed by atoms with Crippen molar-refractivity contribution in [2.45, 2.75) is 6.92 Å². The number of nitro groups is 1. The summed E-state index contributed by atoms with van der Waals surface area (Å²) in [7, 11) is 0. The molecule has 0 aromatic heterocycles. The molecule has 1 aromatic rings. The summed E-state index contributed by atoms with van der Waals surface area (Å²) in [5, 5.41) is 19.0. The molecule has 0 spiro atoms. The van der Waals surface area contributed by atoms with E-state index >= 15 is 0 Å². The van der Waals surface area contributed by atoms with Crippen molar-refractivity contribution >= 4 is 11.5 Å². The van der Waals surface area contributed by atoms with E-state index in [0.29, 0.717) is 0 Å². The molecule has 0 aliphatic rings. The van der Waals surface area contributed by atoms with Crippen molar-refractivity contribution in [3.05, 3.63) is 39.2 Å². The maximum Gasteiger partial charge on any atom is 0.323 e. The number of rotatable bonds is 2. The number of hydrogen-bond donors (Lipinski definition) is 0. The number of hydrogen-bond acceptors (Lipinski definition) is 4. The van der Waals surface area contributed by atoms with E-state index in [-0.39, 0.29) is 5.56 Å². The van der Waals surface area contributed by atoms with Gasteiger partial charge in [0.25, 0.3) is 0 Å². The molecule has 0 aliphatic heterocycles. The molecular formula is C9H5FN2O3. The zero-order valence-electron chi connectivity index (χ0n) is 7.65. The molecule has 5 nitrogen and oxygen atoms in total. The second-order valence-electron chi connectivity index (χ2n) is 2.75. The second kappa shape index (κ2) is 3.84. The zero-order valence-corrected chi connectivity index (χ0v) is 7.65. The predicted molar refractivity (Wildman–Crippen MR) is 47.8 cm³/mol. The zero-order chi connectivity index (χ0) is 11.6. The van der Waals surface area contributed by atoms with Crippen LogP contribution in [0.5, 0.6) is 0 Å². The molecule has 1 rings (SSSR count). The van der Waals surface area contributed by atoms with Crippen LogP contribution in [0.3, 0.4) is 0 Å². The highest BCUT2D eigenvalue weighted by Gasteiger charge is 2.24. The highest BCUT2D eigenvalue weighted by molar-refractivity contribution is 5.95. The van der Waals surface area contributed by atoms with Crippen LogP contribution in [0.4, 0.5) is 10.1 Å². The van der Waals surface area contributed by atoms with E-state index in [1.54, 1.807) is 0 Å². The summed E-state index contributed by atoms with van der Waals surface area (Å²) in [5.41, 5.74) is -1.74. The monoisotopic (exact) mass is 208 g/mol. The largest absolute Gasteiger partial charge is 0.323 e. The van der Waals surface area contributed by atoms with E-state index in [9.17, 15) is 19.3 Å². The third-order valence-electron chi connectivity index (χ3n) is 1.80. The van der Waals surface area contributed by atoms with Gasteiger partial charge in [-0.1, -0.05) is 0 Å². The van der Waals surface area contributed by atoms with Crippen LogP contribution in [0, 0.1) is 27.3 Å². The van der Waals surface area contributed by atoms with Gasteiger partial charge in [-0.2, -0.15) is 9.65 Å². The van der Waals surface area contributed by atoms with Crippen molar-refractivity contribution in [1.82, 2.24) is 0 Å². The second-order valence-corrected chi connectivity index (χ2v) is 2.75. The molecule has 15 heavy (non-hydrogen) atoms. The van der Waals surface area contributed by atoms with E-state index in [1.165, 1.54) is 6.07 Å². The molecule has 0 bridgehead atoms. The Hall–Kier alpha value is -2.29. The van der Waals surface area contributed by atoms with Crippen LogP contribution in [0.1, 0.15) is 22.8 Å². The molecule has 0 amide bonds. The number of benzene rings is 1. The number of nitro benzene ring substituents is 1. The standard InChI is InChI=1S/C9H5FN2O3/c1-5(13)7-3-2-6(4-11)9(8(7)10)12(14)15/h2-3H,1H3. The normalized spacial score (nSPS) is 9.40. The SMILES string of the molecule is CC(=O)c1ccc(C#N)c([N+](=O)[O-])c1F. The first-order valence-electron chi connectivity index (χ1n) is 3.87. The Morgan fingerprint density at radius 2 is 2.20 bits per heavy atom. The van der Waals surface area contributed by atoms with Crippen LogP contribution < -0.4 is 0 Å². The first-order chi connectivity index (χ1) is 6.99. The Morgan fingerprint density at radius 3 is 2.60 bits per heavy atom. The molecule has 0 atom stereocenters. The van der Waals surface area contributed by atoms with Crippen molar-refractivity contribution in [2.24, 2.45) is 0 Å². The van der Waals surface area contributed by atoms with Gasteiger partial charge in [-0.25, -0.2) is 0 Å². The minimum atomic E-state index is -1.26. The molecule has 0 heterocycles.